The maximum absolute atomic E-state index is 5.92. The van der Waals surface area contributed by atoms with Crippen molar-refractivity contribution in [2.45, 2.75) is 12.5 Å². The van der Waals surface area contributed by atoms with Crippen LogP contribution in [0.4, 0.5) is 5.82 Å². The summed E-state index contributed by atoms with van der Waals surface area (Å²) in [5.41, 5.74) is 7.89. The molecule has 0 bridgehead atoms. The van der Waals surface area contributed by atoms with E-state index in [1.807, 2.05) is 18.2 Å². The van der Waals surface area contributed by atoms with E-state index >= 15 is 0 Å². The molecule has 1 aliphatic heterocycles. The van der Waals surface area contributed by atoms with Crippen molar-refractivity contribution < 1.29 is 0 Å². The molecule has 5 nitrogen and oxygen atoms in total. The van der Waals surface area contributed by atoms with Gasteiger partial charge in [0, 0.05) is 43.2 Å². The zero-order chi connectivity index (χ0) is 12.4. The van der Waals surface area contributed by atoms with E-state index in [0.29, 0.717) is 0 Å². The van der Waals surface area contributed by atoms with Gasteiger partial charge in [0.2, 0.25) is 0 Å². The van der Waals surface area contributed by atoms with Gasteiger partial charge in [-0.2, -0.15) is 0 Å². The van der Waals surface area contributed by atoms with Gasteiger partial charge in [-0.3, -0.25) is 4.98 Å². The lowest BCUT2D eigenvalue weighted by molar-refractivity contribution is 0.751. The molecular formula is C13H15N5. The lowest BCUT2D eigenvalue weighted by Crippen LogP contribution is -2.26. The predicted octanol–water partition coefficient (Wildman–Crippen LogP) is 1.08. The Morgan fingerprint density at radius 3 is 2.78 bits per heavy atom. The molecule has 0 radical (unpaired) electrons. The molecule has 2 N–H and O–H groups in total. The molecule has 3 rings (SSSR count). The second-order valence-electron chi connectivity index (χ2n) is 4.49. The van der Waals surface area contributed by atoms with Crippen molar-refractivity contribution in [2.75, 3.05) is 18.0 Å². The monoisotopic (exact) mass is 241 g/mol. The summed E-state index contributed by atoms with van der Waals surface area (Å²) in [6.07, 6.45) is 6.16. The van der Waals surface area contributed by atoms with Crippen LogP contribution in [0.5, 0.6) is 0 Å². The number of anilines is 1. The van der Waals surface area contributed by atoms with Crippen LogP contribution in [0.25, 0.3) is 11.3 Å². The molecule has 0 aromatic carbocycles. The molecule has 0 saturated carbocycles. The van der Waals surface area contributed by atoms with Crippen LogP contribution in [0.3, 0.4) is 0 Å². The summed E-state index contributed by atoms with van der Waals surface area (Å²) in [5, 5.41) is 0. The van der Waals surface area contributed by atoms with E-state index in [1.165, 1.54) is 0 Å². The summed E-state index contributed by atoms with van der Waals surface area (Å²) in [6.45, 7) is 1.83. The van der Waals surface area contributed by atoms with Crippen molar-refractivity contribution in [2.24, 2.45) is 5.73 Å². The second kappa shape index (κ2) is 4.70. The Morgan fingerprint density at radius 1 is 1.22 bits per heavy atom. The zero-order valence-electron chi connectivity index (χ0n) is 10.0. The Morgan fingerprint density at radius 2 is 2.06 bits per heavy atom. The Hall–Kier alpha value is -2.01. The molecule has 5 heteroatoms. The Kier molecular flexibility index (Phi) is 2.90. The Bertz CT molecular complexity index is 528. The highest BCUT2D eigenvalue weighted by Crippen LogP contribution is 2.22. The second-order valence-corrected chi connectivity index (χ2v) is 4.49. The molecule has 18 heavy (non-hydrogen) atoms. The fourth-order valence-electron chi connectivity index (χ4n) is 2.20. The quantitative estimate of drug-likeness (QED) is 0.852. The largest absolute Gasteiger partial charge is 0.355 e. The fourth-order valence-corrected chi connectivity index (χ4v) is 2.20. The van der Waals surface area contributed by atoms with Gasteiger partial charge in [-0.05, 0) is 18.6 Å². The number of pyridine rings is 1. The van der Waals surface area contributed by atoms with E-state index in [2.05, 4.69) is 19.9 Å². The van der Waals surface area contributed by atoms with E-state index in [0.717, 1.165) is 36.6 Å². The summed E-state index contributed by atoms with van der Waals surface area (Å²) in [4.78, 5) is 14.8. The molecule has 1 saturated heterocycles. The van der Waals surface area contributed by atoms with Crippen LogP contribution in [-0.4, -0.2) is 34.1 Å². The molecule has 1 aliphatic rings. The molecular weight excluding hydrogens is 226 g/mol. The van der Waals surface area contributed by atoms with Gasteiger partial charge in [0.25, 0.3) is 0 Å². The van der Waals surface area contributed by atoms with Gasteiger partial charge in [-0.25, -0.2) is 9.97 Å². The van der Waals surface area contributed by atoms with E-state index in [4.69, 9.17) is 5.73 Å². The summed E-state index contributed by atoms with van der Waals surface area (Å²) < 4.78 is 0. The van der Waals surface area contributed by atoms with Crippen molar-refractivity contribution >= 4 is 5.82 Å². The van der Waals surface area contributed by atoms with Gasteiger partial charge in [-0.1, -0.05) is 0 Å². The van der Waals surface area contributed by atoms with Crippen LogP contribution in [0, 0.1) is 0 Å². The highest BCUT2D eigenvalue weighted by Gasteiger charge is 2.20. The summed E-state index contributed by atoms with van der Waals surface area (Å²) in [7, 11) is 0. The number of hydrogen-bond acceptors (Lipinski definition) is 5. The van der Waals surface area contributed by atoms with Crippen LogP contribution in [0.2, 0.25) is 0 Å². The van der Waals surface area contributed by atoms with Crippen LogP contribution >= 0.6 is 0 Å². The van der Waals surface area contributed by atoms with Gasteiger partial charge in [0.05, 0.1) is 5.69 Å². The third-order valence-electron chi connectivity index (χ3n) is 3.18. The van der Waals surface area contributed by atoms with Crippen molar-refractivity contribution in [3.8, 4) is 11.3 Å². The molecule has 2 aromatic rings. The minimum Gasteiger partial charge on any atom is -0.355 e. The highest BCUT2D eigenvalue weighted by atomic mass is 15.2. The van der Waals surface area contributed by atoms with Crippen LogP contribution < -0.4 is 10.6 Å². The predicted molar refractivity (Wildman–Crippen MR) is 70.1 cm³/mol. The van der Waals surface area contributed by atoms with E-state index < -0.39 is 0 Å². The Labute approximate surface area is 106 Å². The number of rotatable bonds is 2. The molecule has 0 spiro atoms. The third-order valence-corrected chi connectivity index (χ3v) is 3.18. The zero-order valence-corrected chi connectivity index (χ0v) is 10.0. The van der Waals surface area contributed by atoms with Gasteiger partial charge < -0.3 is 10.6 Å². The summed E-state index contributed by atoms with van der Waals surface area (Å²) >= 11 is 0. The van der Waals surface area contributed by atoms with E-state index in [-0.39, 0.29) is 6.04 Å². The molecule has 0 aliphatic carbocycles. The minimum absolute atomic E-state index is 0.254. The van der Waals surface area contributed by atoms with Crippen LogP contribution in [-0.2, 0) is 0 Å². The average molecular weight is 241 g/mol. The average Bonchev–Trinajstić information content (AvgIpc) is 2.87. The highest BCUT2D eigenvalue weighted by molar-refractivity contribution is 5.62. The van der Waals surface area contributed by atoms with E-state index in [1.54, 1.807) is 18.7 Å². The normalized spacial score (nSPS) is 19.2. The van der Waals surface area contributed by atoms with Crippen molar-refractivity contribution in [1.29, 1.82) is 0 Å². The number of aromatic nitrogens is 3. The van der Waals surface area contributed by atoms with Crippen molar-refractivity contribution in [1.82, 2.24) is 15.0 Å². The molecule has 3 heterocycles. The third kappa shape index (κ3) is 2.17. The van der Waals surface area contributed by atoms with Gasteiger partial charge in [0.15, 0.2) is 0 Å². The van der Waals surface area contributed by atoms with Gasteiger partial charge in [0.1, 0.15) is 12.1 Å². The molecule has 0 amide bonds. The van der Waals surface area contributed by atoms with Gasteiger partial charge >= 0.3 is 0 Å². The van der Waals surface area contributed by atoms with Crippen molar-refractivity contribution in [3.05, 3.63) is 36.9 Å². The van der Waals surface area contributed by atoms with Crippen LogP contribution in [0.15, 0.2) is 36.9 Å². The summed E-state index contributed by atoms with van der Waals surface area (Å²) in [5.74, 6) is 0.949. The molecule has 1 atom stereocenters. The van der Waals surface area contributed by atoms with Crippen LogP contribution in [0.1, 0.15) is 6.42 Å². The molecule has 92 valence electrons. The lowest BCUT2D eigenvalue weighted by Gasteiger charge is -2.16. The standard InChI is InChI=1S/C13H15N5/c14-11-3-6-18(8-11)13-7-12(16-9-17-13)10-1-4-15-5-2-10/h1-2,4-5,7,9,11H,3,6,8,14H2. The molecule has 1 fully saturated rings. The van der Waals surface area contributed by atoms with E-state index in [9.17, 15) is 0 Å². The number of hydrogen-bond donors (Lipinski definition) is 1. The van der Waals surface area contributed by atoms with Gasteiger partial charge in [-0.15, -0.1) is 0 Å². The van der Waals surface area contributed by atoms with Crippen molar-refractivity contribution in [3.63, 3.8) is 0 Å². The maximum atomic E-state index is 5.92. The minimum atomic E-state index is 0.254. The fraction of sp³-hybridized carbons (Fsp3) is 0.308. The first-order valence-electron chi connectivity index (χ1n) is 6.06. The molecule has 1 unspecified atom stereocenters. The number of nitrogens with two attached hydrogens (primary N) is 1. The summed E-state index contributed by atoms with van der Waals surface area (Å²) in [6, 6.07) is 6.15. The first-order valence-corrected chi connectivity index (χ1v) is 6.06. The number of nitrogens with zero attached hydrogens (tertiary/aromatic N) is 4. The SMILES string of the molecule is NC1CCN(c2cc(-c3ccncc3)ncn2)C1. The topological polar surface area (TPSA) is 67.9 Å². The smallest absolute Gasteiger partial charge is 0.132 e. The molecule has 2 aromatic heterocycles. The maximum Gasteiger partial charge on any atom is 0.132 e. The lowest BCUT2D eigenvalue weighted by atomic mass is 10.2. The first-order chi connectivity index (χ1) is 8.83. The first kappa shape index (κ1) is 11.1. The Balaban J connectivity index is 1.90.